The van der Waals surface area contributed by atoms with Gasteiger partial charge in [-0.2, -0.15) is 0 Å². The number of fused-ring (bicyclic) bond motifs is 2. The van der Waals surface area contributed by atoms with E-state index in [0.29, 0.717) is 59.3 Å². The van der Waals surface area contributed by atoms with Crippen LogP contribution in [-0.2, 0) is 22.1 Å². The lowest BCUT2D eigenvalue weighted by molar-refractivity contribution is 0.0941. The monoisotopic (exact) mass is 476 g/mol. The number of benzene rings is 3. The van der Waals surface area contributed by atoms with Gasteiger partial charge in [-0.25, -0.2) is 4.21 Å². The standard InChI is InChI=1S/C27H28N2O4S/c1-3-33-16-8-15-28-26(30)20-13-14-25-23(17-20)29(18-21-10-5-4-9-19(21)2)27(31)22-11-6-7-12-24(22)34(25)32/h4-7,9-14,17H,3,8,15-16,18H2,1-2H3,(H,28,30). The minimum Gasteiger partial charge on any atom is -0.382 e. The van der Waals surface area contributed by atoms with E-state index >= 15 is 0 Å². The van der Waals surface area contributed by atoms with Crippen LogP contribution in [0.1, 0.15) is 45.2 Å². The zero-order valence-electron chi connectivity index (χ0n) is 19.4. The molecule has 0 saturated heterocycles. The van der Waals surface area contributed by atoms with Crippen LogP contribution in [0.3, 0.4) is 0 Å². The average Bonchev–Trinajstić information content (AvgIpc) is 2.94. The molecule has 1 aliphatic heterocycles. The van der Waals surface area contributed by atoms with Crippen molar-refractivity contribution in [2.24, 2.45) is 0 Å². The van der Waals surface area contributed by atoms with Gasteiger partial charge in [0.25, 0.3) is 11.8 Å². The summed E-state index contributed by atoms with van der Waals surface area (Å²) in [4.78, 5) is 29.1. The van der Waals surface area contributed by atoms with E-state index in [-0.39, 0.29) is 11.8 Å². The third-order valence-corrected chi connectivity index (χ3v) is 7.32. The first-order valence-corrected chi connectivity index (χ1v) is 12.5. The first-order chi connectivity index (χ1) is 16.5. The molecule has 1 heterocycles. The molecular formula is C27H28N2O4S. The fraction of sp³-hybridized carbons (Fsp3) is 0.259. The number of carbonyl (C=O) groups is 2. The number of hydrogen-bond acceptors (Lipinski definition) is 4. The van der Waals surface area contributed by atoms with Crippen molar-refractivity contribution in [3.63, 3.8) is 0 Å². The molecule has 0 aliphatic carbocycles. The van der Waals surface area contributed by atoms with Crippen LogP contribution in [0.4, 0.5) is 5.69 Å². The Morgan fingerprint density at radius 1 is 1.03 bits per heavy atom. The van der Waals surface area contributed by atoms with Gasteiger partial charge in [0.15, 0.2) is 0 Å². The summed E-state index contributed by atoms with van der Waals surface area (Å²) < 4.78 is 18.8. The van der Waals surface area contributed by atoms with Crippen molar-refractivity contribution in [3.8, 4) is 0 Å². The van der Waals surface area contributed by atoms with Crippen LogP contribution >= 0.6 is 0 Å². The second kappa shape index (κ2) is 10.8. The molecule has 1 unspecified atom stereocenters. The summed E-state index contributed by atoms with van der Waals surface area (Å²) in [5.41, 5.74) is 3.36. The maximum Gasteiger partial charge on any atom is 0.259 e. The quantitative estimate of drug-likeness (QED) is 0.487. The Bertz CT molecular complexity index is 1240. The van der Waals surface area contributed by atoms with Gasteiger partial charge in [0.2, 0.25) is 0 Å². The first-order valence-electron chi connectivity index (χ1n) is 11.4. The number of ether oxygens (including phenoxy) is 1. The van der Waals surface area contributed by atoms with Gasteiger partial charge in [-0.3, -0.25) is 9.59 Å². The van der Waals surface area contributed by atoms with E-state index in [4.69, 9.17) is 4.74 Å². The van der Waals surface area contributed by atoms with Crippen molar-refractivity contribution in [3.05, 3.63) is 89.0 Å². The average molecular weight is 477 g/mol. The highest BCUT2D eigenvalue weighted by Crippen LogP contribution is 2.36. The van der Waals surface area contributed by atoms with Gasteiger partial charge in [0.05, 0.1) is 38.4 Å². The molecule has 0 bridgehead atoms. The largest absolute Gasteiger partial charge is 0.382 e. The van der Waals surface area contributed by atoms with Gasteiger partial charge in [0.1, 0.15) is 0 Å². The highest BCUT2D eigenvalue weighted by Gasteiger charge is 2.31. The van der Waals surface area contributed by atoms with Gasteiger partial charge in [0, 0.05) is 25.3 Å². The van der Waals surface area contributed by atoms with Gasteiger partial charge in [-0.15, -0.1) is 0 Å². The van der Waals surface area contributed by atoms with Gasteiger partial charge in [-0.1, -0.05) is 36.4 Å². The van der Waals surface area contributed by atoms with Crippen molar-refractivity contribution in [1.82, 2.24) is 5.32 Å². The predicted molar refractivity (Wildman–Crippen MR) is 133 cm³/mol. The molecule has 3 aromatic rings. The van der Waals surface area contributed by atoms with Gasteiger partial charge >= 0.3 is 0 Å². The summed E-state index contributed by atoms with van der Waals surface area (Å²) in [5.74, 6) is -0.477. The molecule has 1 atom stereocenters. The lowest BCUT2D eigenvalue weighted by Crippen LogP contribution is -2.31. The summed E-state index contributed by atoms with van der Waals surface area (Å²) in [6.07, 6.45) is 0.710. The SMILES string of the molecule is CCOCCCNC(=O)c1ccc2c(c1)N(Cc1ccccc1C)C(=O)c1ccccc1S2=O. The predicted octanol–water partition coefficient (Wildman–Crippen LogP) is 4.48. The number of rotatable bonds is 8. The van der Waals surface area contributed by atoms with Crippen LogP contribution in [0, 0.1) is 6.92 Å². The van der Waals surface area contributed by atoms with E-state index in [9.17, 15) is 13.8 Å². The summed E-state index contributed by atoms with van der Waals surface area (Å²) in [7, 11) is -1.55. The molecule has 4 rings (SSSR count). The third-order valence-electron chi connectivity index (χ3n) is 5.82. The third kappa shape index (κ3) is 4.95. The smallest absolute Gasteiger partial charge is 0.259 e. The van der Waals surface area contributed by atoms with Crippen LogP contribution in [-0.4, -0.2) is 35.8 Å². The molecule has 0 aromatic heterocycles. The maximum absolute atomic E-state index is 13.7. The molecule has 3 aromatic carbocycles. The summed E-state index contributed by atoms with van der Waals surface area (Å²) in [6.45, 7) is 5.94. The van der Waals surface area contributed by atoms with E-state index in [1.54, 1.807) is 47.4 Å². The number of hydrogen-bond donors (Lipinski definition) is 1. The van der Waals surface area contributed by atoms with Gasteiger partial charge < -0.3 is 15.0 Å². The molecule has 1 aliphatic rings. The molecule has 7 heteroatoms. The van der Waals surface area contributed by atoms with Crippen LogP contribution in [0.2, 0.25) is 0 Å². The number of carbonyl (C=O) groups excluding carboxylic acids is 2. The van der Waals surface area contributed by atoms with Crippen LogP contribution in [0.25, 0.3) is 0 Å². The minimum absolute atomic E-state index is 0.236. The number of nitrogens with one attached hydrogen (secondary N) is 1. The second-order valence-corrected chi connectivity index (χ2v) is 9.49. The lowest BCUT2D eigenvalue weighted by atomic mass is 10.1. The minimum atomic E-state index is -1.55. The molecule has 2 amide bonds. The van der Waals surface area contributed by atoms with Crippen LogP contribution < -0.4 is 10.2 Å². The number of anilines is 1. The molecule has 34 heavy (non-hydrogen) atoms. The second-order valence-electron chi connectivity index (χ2n) is 8.07. The lowest BCUT2D eigenvalue weighted by Gasteiger charge is -2.24. The fourth-order valence-corrected chi connectivity index (χ4v) is 5.29. The molecule has 6 nitrogen and oxygen atoms in total. The van der Waals surface area contributed by atoms with Crippen molar-refractivity contribution in [1.29, 1.82) is 0 Å². The van der Waals surface area contributed by atoms with Crippen LogP contribution in [0.5, 0.6) is 0 Å². The highest BCUT2D eigenvalue weighted by atomic mass is 32.2. The van der Waals surface area contributed by atoms with Crippen molar-refractivity contribution >= 4 is 28.3 Å². The molecule has 0 spiro atoms. The zero-order chi connectivity index (χ0) is 24.1. The first kappa shape index (κ1) is 23.9. The van der Waals surface area contributed by atoms with Crippen LogP contribution in [0.15, 0.2) is 76.5 Å². The summed E-state index contributed by atoms with van der Waals surface area (Å²) in [6, 6.07) is 19.9. The van der Waals surface area contributed by atoms with Gasteiger partial charge in [-0.05, 0) is 61.7 Å². The highest BCUT2D eigenvalue weighted by molar-refractivity contribution is 7.85. The van der Waals surface area contributed by atoms with Crippen molar-refractivity contribution < 1.29 is 18.5 Å². The topological polar surface area (TPSA) is 75.7 Å². The zero-order valence-corrected chi connectivity index (χ0v) is 20.2. The Morgan fingerprint density at radius 3 is 2.59 bits per heavy atom. The Morgan fingerprint density at radius 2 is 1.79 bits per heavy atom. The van der Waals surface area contributed by atoms with Crippen molar-refractivity contribution in [2.45, 2.75) is 36.6 Å². The molecule has 0 fully saturated rings. The fourth-order valence-electron chi connectivity index (χ4n) is 3.94. The number of nitrogens with zero attached hydrogens (tertiary/aromatic N) is 1. The number of amides is 2. The van der Waals surface area contributed by atoms with E-state index in [1.807, 2.05) is 38.1 Å². The molecule has 0 radical (unpaired) electrons. The van der Waals surface area contributed by atoms with E-state index < -0.39 is 10.8 Å². The summed E-state index contributed by atoms with van der Waals surface area (Å²) >= 11 is 0. The summed E-state index contributed by atoms with van der Waals surface area (Å²) in [5, 5.41) is 2.90. The van der Waals surface area contributed by atoms with E-state index in [0.717, 1.165) is 11.1 Å². The van der Waals surface area contributed by atoms with Crippen molar-refractivity contribution in [2.75, 3.05) is 24.7 Å². The molecule has 0 saturated carbocycles. The van der Waals surface area contributed by atoms with E-state index in [2.05, 4.69) is 5.32 Å². The van der Waals surface area contributed by atoms with E-state index in [1.165, 1.54) is 0 Å². The Balaban J connectivity index is 1.72. The molecular weight excluding hydrogens is 448 g/mol. The Kier molecular flexibility index (Phi) is 7.55. The molecule has 176 valence electrons. The molecule has 1 N–H and O–H groups in total. The Labute approximate surface area is 202 Å². The maximum atomic E-state index is 13.7. The Hall–Kier alpha value is -3.29. The number of aryl methyl sites for hydroxylation is 1. The normalized spacial score (nSPS) is 14.8.